The number of rotatable bonds is 6. The summed E-state index contributed by atoms with van der Waals surface area (Å²) in [4.78, 5) is 37.7. The standard InChI is InChI=1S/C14H26N4O4/c1-9(2)6-10(7-12(19)17-22)13(20)11-8-16-4-5-18(11)14(21)15-3/h9-11,16,22H,4-8H2,1-3H3,(H,15,21)(H,17,19)/t10-,11+/m1/s1. The van der Waals surface area contributed by atoms with Gasteiger partial charge in [0.15, 0.2) is 5.78 Å². The fourth-order valence-corrected chi connectivity index (χ4v) is 2.76. The van der Waals surface area contributed by atoms with Crippen LogP contribution in [0.3, 0.4) is 0 Å². The number of carbonyl (C=O) groups excluding carboxylic acids is 3. The Balaban J connectivity index is 2.88. The van der Waals surface area contributed by atoms with E-state index < -0.39 is 17.9 Å². The van der Waals surface area contributed by atoms with E-state index in [0.29, 0.717) is 26.1 Å². The van der Waals surface area contributed by atoms with Gasteiger partial charge in [-0.1, -0.05) is 13.8 Å². The second-order valence-electron chi connectivity index (χ2n) is 5.94. The molecule has 1 saturated heterocycles. The van der Waals surface area contributed by atoms with Gasteiger partial charge >= 0.3 is 6.03 Å². The topological polar surface area (TPSA) is 111 Å². The number of hydroxylamine groups is 1. The number of amides is 3. The molecule has 8 nitrogen and oxygen atoms in total. The smallest absolute Gasteiger partial charge is 0.317 e. The van der Waals surface area contributed by atoms with Crippen LogP contribution in [0.5, 0.6) is 0 Å². The van der Waals surface area contributed by atoms with Crippen molar-refractivity contribution in [3.8, 4) is 0 Å². The SMILES string of the molecule is CNC(=O)N1CCNC[C@H]1C(=O)[C@@H](CC(=O)NO)CC(C)C. The first-order chi connectivity index (χ1) is 10.4. The molecule has 22 heavy (non-hydrogen) atoms. The molecule has 3 amide bonds. The number of urea groups is 1. The zero-order valence-electron chi connectivity index (χ0n) is 13.4. The van der Waals surface area contributed by atoms with E-state index in [-0.39, 0.29) is 24.2 Å². The number of carbonyl (C=O) groups is 3. The van der Waals surface area contributed by atoms with Crippen LogP contribution in [0.15, 0.2) is 0 Å². The first-order valence-corrected chi connectivity index (χ1v) is 7.56. The summed E-state index contributed by atoms with van der Waals surface area (Å²) < 4.78 is 0. The lowest BCUT2D eigenvalue weighted by molar-refractivity contribution is -0.136. The molecule has 1 aliphatic rings. The second-order valence-corrected chi connectivity index (χ2v) is 5.94. The van der Waals surface area contributed by atoms with E-state index in [1.807, 2.05) is 13.8 Å². The zero-order valence-corrected chi connectivity index (χ0v) is 13.4. The lowest BCUT2D eigenvalue weighted by atomic mass is 9.86. The Labute approximate surface area is 130 Å². The number of nitrogens with one attached hydrogen (secondary N) is 3. The highest BCUT2D eigenvalue weighted by Crippen LogP contribution is 2.21. The monoisotopic (exact) mass is 314 g/mol. The fraction of sp³-hybridized carbons (Fsp3) is 0.786. The predicted molar refractivity (Wildman–Crippen MR) is 80.3 cm³/mol. The molecule has 126 valence electrons. The molecular weight excluding hydrogens is 288 g/mol. The summed E-state index contributed by atoms with van der Waals surface area (Å²) in [7, 11) is 1.52. The van der Waals surface area contributed by atoms with Gasteiger partial charge in [-0.15, -0.1) is 0 Å². The van der Waals surface area contributed by atoms with Crippen LogP contribution in [0, 0.1) is 11.8 Å². The van der Waals surface area contributed by atoms with E-state index in [9.17, 15) is 14.4 Å². The van der Waals surface area contributed by atoms with Gasteiger partial charge in [-0.2, -0.15) is 0 Å². The van der Waals surface area contributed by atoms with Gasteiger partial charge in [0.05, 0.1) is 0 Å². The van der Waals surface area contributed by atoms with Crippen LogP contribution < -0.4 is 16.1 Å². The maximum atomic E-state index is 12.8. The largest absolute Gasteiger partial charge is 0.341 e. The maximum Gasteiger partial charge on any atom is 0.317 e. The first-order valence-electron chi connectivity index (χ1n) is 7.56. The van der Waals surface area contributed by atoms with E-state index in [0.717, 1.165) is 0 Å². The lowest BCUT2D eigenvalue weighted by Crippen LogP contribution is -2.60. The van der Waals surface area contributed by atoms with Gasteiger partial charge in [0.2, 0.25) is 5.91 Å². The normalized spacial score (nSPS) is 19.7. The van der Waals surface area contributed by atoms with Gasteiger partial charge in [0.1, 0.15) is 6.04 Å². The molecule has 0 aromatic rings. The van der Waals surface area contributed by atoms with Crippen molar-refractivity contribution >= 4 is 17.7 Å². The Morgan fingerprint density at radius 1 is 1.36 bits per heavy atom. The van der Waals surface area contributed by atoms with E-state index >= 15 is 0 Å². The summed E-state index contributed by atoms with van der Waals surface area (Å²) in [6, 6.07) is -0.890. The summed E-state index contributed by atoms with van der Waals surface area (Å²) in [6.07, 6.45) is 0.454. The first kappa shape index (κ1) is 18.4. The molecular formula is C14H26N4O4. The number of piperazine rings is 1. The number of ketones is 1. The summed E-state index contributed by atoms with van der Waals surface area (Å²) in [5.41, 5.74) is 1.57. The van der Waals surface area contributed by atoms with Gasteiger partial charge in [0.25, 0.3) is 0 Å². The molecule has 0 spiro atoms. The number of nitrogens with zero attached hydrogens (tertiary/aromatic N) is 1. The quantitative estimate of drug-likeness (QED) is 0.398. The Kier molecular flexibility index (Phi) is 7.26. The predicted octanol–water partition coefficient (Wildman–Crippen LogP) is -0.273. The van der Waals surface area contributed by atoms with E-state index in [1.54, 1.807) is 5.48 Å². The second kappa shape index (κ2) is 8.70. The average Bonchev–Trinajstić information content (AvgIpc) is 2.52. The van der Waals surface area contributed by atoms with E-state index in [2.05, 4.69) is 10.6 Å². The van der Waals surface area contributed by atoms with E-state index in [4.69, 9.17) is 5.21 Å². The van der Waals surface area contributed by atoms with E-state index in [1.165, 1.54) is 11.9 Å². The maximum absolute atomic E-state index is 12.8. The van der Waals surface area contributed by atoms with Crippen molar-refractivity contribution in [3.63, 3.8) is 0 Å². The molecule has 0 saturated carbocycles. The van der Waals surface area contributed by atoms with Crippen LogP contribution in [0.2, 0.25) is 0 Å². The molecule has 8 heteroatoms. The van der Waals surface area contributed by atoms with Crippen LogP contribution in [0.4, 0.5) is 4.79 Å². The minimum atomic E-state index is -0.594. The van der Waals surface area contributed by atoms with Gasteiger partial charge in [-0.3, -0.25) is 14.8 Å². The van der Waals surface area contributed by atoms with Crippen LogP contribution in [0.25, 0.3) is 0 Å². The molecule has 4 N–H and O–H groups in total. The van der Waals surface area contributed by atoms with Gasteiger partial charge in [-0.25, -0.2) is 10.3 Å². The number of Topliss-reactive ketones (excluding diaryl/α,β-unsaturated/α-hetero) is 1. The molecule has 0 aliphatic carbocycles. The van der Waals surface area contributed by atoms with Gasteiger partial charge in [0, 0.05) is 39.0 Å². The van der Waals surface area contributed by atoms with Crippen molar-refractivity contribution in [3.05, 3.63) is 0 Å². The summed E-state index contributed by atoms with van der Waals surface area (Å²) in [5.74, 6) is -1.03. The molecule has 2 atom stereocenters. The molecule has 1 fully saturated rings. The lowest BCUT2D eigenvalue weighted by Gasteiger charge is -2.36. The third-order valence-electron chi connectivity index (χ3n) is 3.76. The number of hydrogen-bond donors (Lipinski definition) is 4. The van der Waals surface area contributed by atoms with Crippen molar-refractivity contribution in [1.82, 2.24) is 21.0 Å². The molecule has 1 heterocycles. The Morgan fingerprint density at radius 2 is 2.05 bits per heavy atom. The molecule has 0 unspecified atom stereocenters. The van der Waals surface area contributed by atoms with Crippen molar-refractivity contribution < 1.29 is 19.6 Å². The molecule has 1 aliphatic heterocycles. The van der Waals surface area contributed by atoms with Crippen LogP contribution in [0.1, 0.15) is 26.7 Å². The summed E-state index contributed by atoms with van der Waals surface area (Å²) >= 11 is 0. The van der Waals surface area contributed by atoms with Crippen LogP contribution in [-0.4, -0.2) is 60.6 Å². The minimum Gasteiger partial charge on any atom is -0.341 e. The van der Waals surface area contributed by atoms with Crippen molar-refractivity contribution in [1.29, 1.82) is 0 Å². The van der Waals surface area contributed by atoms with Crippen molar-refractivity contribution in [2.24, 2.45) is 11.8 Å². The molecule has 0 aromatic heterocycles. The highest BCUT2D eigenvalue weighted by atomic mass is 16.5. The molecule has 0 aromatic carbocycles. The van der Waals surface area contributed by atoms with Crippen molar-refractivity contribution in [2.45, 2.75) is 32.7 Å². The van der Waals surface area contributed by atoms with Gasteiger partial charge in [-0.05, 0) is 12.3 Å². The minimum absolute atomic E-state index is 0.0778. The number of hydrogen-bond acceptors (Lipinski definition) is 5. The van der Waals surface area contributed by atoms with Crippen LogP contribution >= 0.6 is 0 Å². The average molecular weight is 314 g/mol. The Morgan fingerprint density at radius 3 is 2.59 bits per heavy atom. The fourth-order valence-electron chi connectivity index (χ4n) is 2.76. The third-order valence-corrected chi connectivity index (χ3v) is 3.76. The Bertz CT molecular complexity index is 414. The molecule has 0 radical (unpaired) electrons. The molecule has 0 bridgehead atoms. The zero-order chi connectivity index (χ0) is 16.7. The van der Waals surface area contributed by atoms with Gasteiger partial charge < -0.3 is 15.5 Å². The molecule has 1 rings (SSSR count). The van der Waals surface area contributed by atoms with Crippen LogP contribution in [-0.2, 0) is 9.59 Å². The Hall–Kier alpha value is -1.67. The van der Waals surface area contributed by atoms with Crippen molar-refractivity contribution in [2.75, 3.05) is 26.7 Å². The highest BCUT2D eigenvalue weighted by Gasteiger charge is 2.36. The summed E-state index contributed by atoms with van der Waals surface area (Å²) in [6.45, 7) is 5.38. The highest BCUT2D eigenvalue weighted by molar-refractivity contribution is 5.93. The third kappa shape index (κ3) is 4.96. The summed E-state index contributed by atoms with van der Waals surface area (Å²) in [5, 5.41) is 14.3.